The van der Waals surface area contributed by atoms with Crippen molar-refractivity contribution in [1.29, 1.82) is 0 Å². The summed E-state index contributed by atoms with van der Waals surface area (Å²) < 4.78 is 0. The summed E-state index contributed by atoms with van der Waals surface area (Å²) in [5.74, 6) is 1.06. The average Bonchev–Trinajstić information content (AvgIpc) is 2.64. The highest BCUT2D eigenvalue weighted by molar-refractivity contribution is 5.18. The van der Waals surface area contributed by atoms with Crippen molar-refractivity contribution in [3.05, 3.63) is 0 Å². The minimum absolute atomic E-state index is 0.00625. The van der Waals surface area contributed by atoms with Gasteiger partial charge in [-0.3, -0.25) is 0 Å². The molecule has 4 saturated carbocycles. The molecule has 0 aliphatic heterocycles. The van der Waals surface area contributed by atoms with Gasteiger partial charge < -0.3 is 15.3 Å². The number of aliphatic hydroxyl groups excluding tert-OH is 2. The van der Waals surface area contributed by atoms with E-state index in [0.717, 1.165) is 44.9 Å². The topological polar surface area (TPSA) is 60.7 Å². The Labute approximate surface area is 140 Å². The van der Waals surface area contributed by atoms with Crippen LogP contribution in [0.5, 0.6) is 0 Å². The van der Waals surface area contributed by atoms with E-state index >= 15 is 0 Å². The lowest BCUT2D eigenvalue weighted by molar-refractivity contribution is -0.193. The van der Waals surface area contributed by atoms with Crippen LogP contribution >= 0.6 is 0 Å². The summed E-state index contributed by atoms with van der Waals surface area (Å²) in [5.41, 5.74) is -0.357. The number of hydrogen-bond acceptors (Lipinski definition) is 3. The molecule has 3 nitrogen and oxygen atoms in total. The van der Waals surface area contributed by atoms with Crippen LogP contribution in [0.3, 0.4) is 0 Å². The van der Waals surface area contributed by atoms with Gasteiger partial charge in [0.2, 0.25) is 0 Å². The summed E-state index contributed by atoms with van der Waals surface area (Å²) in [6, 6.07) is 0. The molecule has 2 bridgehead atoms. The van der Waals surface area contributed by atoms with Crippen molar-refractivity contribution < 1.29 is 15.3 Å². The van der Waals surface area contributed by atoms with E-state index in [1.807, 2.05) is 6.92 Å². The molecule has 23 heavy (non-hydrogen) atoms. The van der Waals surface area contributed by atoms with Crippen LogP contribution in [-0.4, -0.2) is 33.6 Å². The zero-order chi connectivity index (χ0) is 16.7. The largest absolute Gasteiger partial charge is 0.396 e. The second kappa shape index (κ2) is 4.74. The lowest BCUT2D eigenvalue weighted by atomic mass is 9.40. The van der Waals surface area contributed by atoms with Gasteiger partial charge in [-0.1, -0.05) is 20.3 Å². The highest BCUT2D eigenvalue weighted by Gasteiger charge is 2.68. The molecule has 4 rings (SSSR count). The minimum Gasteiger partial charge on any atom is -0.396 e. The van der Waals surface area contributed by atoms with Crippen molar-refractivity contribution in [3.8, 4) is 0 Å². The lowest BCUT2D eigenvalue weighted by Crippen LogP contribution is -2.60. The highest BCUT2D eigenvalue weighted by atomic mass is 16.3. The van der Waals surface area contributed by atoms with E-state index < -0.39 is 5.60 Å². The fraction of sp³-hybridized carbons (Fsp3) is 1.00. The van der Waals surface area contributed by atoms with Gasteiger partial charge in [-0.15, -0.1) is 0 Å². The van der Waals surface area contributed by atoms with E-state index in [1.54, 1.807) is 0 Å². The maximum atomic E-state index is 11.1. The first kappa shape index (κ1) is 16.4. The van der Waals surface area contributed by atoms with Gasteiger partial charge in [0.25, 0.3) is 0 Å². The first-order valence-corrected chi connectivity index (χ1v) is 9.68. The molecule has 0 unspecified atom stereocenters. The number of fused-ring (bicyclic) bond motifs is 3. The predicted octanol–water partition coefficient (Wildman–Crippen LogP) is 3.11. The third kappa shape index (κ3) is 1.99. The van der Waals surface area contributed by atoms with E-state index in [2.05, 4.69) is 13.8 Å². The zero-order valence-electron chi connectivity index (χ0n) is 15.0. The van der Waals surface area contributed by atoms with Gasteiger partial charge in [0.1, 0.15) is 0 Å². The van der Waals surface area contributed by atoms with E-state index in [-0.39, 0.29) is 34.9 Å². The quantitative estimate of drug-likeness (QED) is 0.695. The molecule has 0 aromatic rings. The van der Waals surface area contributed by atoms with Crippen LogP contribution in [0.4, 0.5) is 0 Å². The standard InChI is InChI=1S/C20H34O3/c1-17(12-21)6-4-7-18(2)15(17)5-8-20-10-13(19(3,23)11-20)9-14(22)16(18)20/h13-16,21-23H,4-12H2,1-3H3/t13-,14+,15-,16+,17+,18-,19-,20+/m1/s1. The van der Waals surface area contributed by atoms with Gasteiger partial charge in [0.15, 0.2) is 0 Å². The van der Waals surface area contributed by atoms with Crippen molar-refractivity contribution in [2.75, 3.05) is 6.61 Å². The van der Waals surface area contributed by atoms with Crippen molar-refractivity contribution in [2.24, 2.45) is 34.0 Å². The Morgan fingerprint density at radius 1 is 1.09 bits per heavy atom. The molecule has 0 saturated heterocycles. The summed E-state index contributed by atoms with van der Waals surface area (Å²) in [6.07, 6.45) is 8.15. The zero-order valence-corrected chi connectivity index (χ0v) is 15.0. The lowest BCUT2D eigenvalue weighted by Gasteiger charge is -2.65. The Bertz CT molecular complexity index is 503. The molecular formula is C20H34O3. The Hall–Kier alpha value is -0.120. The molecule has 0 amide bonds. The van der Waals surface area contributed by atoms with E-state index in [4.69, 9.17) is 0 Å². The van der Waals surface area contributed by atoms with Gasteiger partial charge in [0, 0.05) is 6.61 Å². The van der Waals surface area contributed by atoms with Crippen molar-refractivity contribution >= 4 is 0 Å². The van der Waals surface area contributed by atoms with Gasteiger partial charge in [0.05, 0.1) is 11.7 Å². The number of aliphatic hydroxyl groups is 3. The molecule has 8 atom stereocenters. The third-order valence-electron chi connectivity index (χ3n) is 8.92. The number of hydrogen-bond donors (Lipinski definition) is 3. The summed E-state index contributed by atoms with van der Waals surface area (Å²) >= 11 is 0. The van der Waals surface area contributed by atoms with Gasteiger partial charge in [-0.05, 0) is 85.9 Å². The van der Waals surface area contributed by atoms with E-state index in [9.17, 15) is 15.3 Å². The van der Waals surface area contributed by atoms with Gasteiger partial charge >= 0.3 is 0 Å². The first-order chi connectivity index (χ1) is 10.7. The molecule has 0 aromatic heterocycles. The molecule has 0 aromatic carbocycles. The normalized spacial score (nSPS) is 61.8. The summed E-state index contributed by atoms with van der Waals surface area (Å²) in [5, 5.41) is 32.1. The van der Waals surface area contributed by atoms with Crippen LogP contribution < -0.4 is 0 Å². The minimum atomic E-state index is -0.603. The molecule has 4 fully saturated rings. The Balaban J connectivity index is 1.77. The van der Waals surface area contributed by atoms with Crippen LogP contribution in [-0.2, 0) is 0 Å². The van der Waals surface area contributed by atoms with Crippen LogP contribution in [0.25, 0.3) is 0 Å². The Morgan fingerprint density at radius 3 is 2.52 bits per heavy atom. The van der Waals surface area contributed by atoms with Crippen molar-refractivity contribution in [1.82, 2.24) is 0 Å². The number of rotatable bonds is 1. The summed E-state index contributed by atoms with van der Waals surface area (Å²) in [4.78, 5) is 0. The monoisotopic (exact) mass is 322 g/mol. The van der Waals surface area contributed by atoms with Crippen LogP contribution in [0.1, 0.15) is 72.1 Å². The van der Waals surface area contributed by atoms with Crippen molar-refractivity contribution in [3.63, 3.8) is 0 Å². The molecule has 1 spiro atoms. The van der Waals surface area contributed by atoms with E-state index in [1.165, 1.54) is 6.42 Å². The van der Waals surface area contributed by atoms with Crippen molar-refractivity contribution in [2.45, 2.75) is 83.8 Å². The average molecular weight is 322 g/mol. The fourth-order valence-corrected chi connectivity index (χ4v) is 8.22. The smallest absolute Gasteiger partial charge is 0.0654 e. The summed E-state index contributed by atoms with van der Waals surface area (Å²) in [7, 11) is 0. The van der Waals surface area contributed by atoms with Gasteiger partial charge in [-0.2, -0.15) is 0 Å². The molecule has 3 heteroatoms. The predicted molar refractivity (Wildman–Crippen MR) is 89.8 cm³/mol. The van der Waals surface area contributed by atoms with E-state index in [0.29, 0.717) is 11.8 Å². The molecular weight excluding hydrogens is 288 g/mol. The Morgan fingerprint density at radius 2 is 1.83 bits per heavy atom. The maximum absolute atomic E-state index is 11.1. The second-order valence-corrected chi connectivity index (χ2v) is 10.3. The Kier molecular flexibility index (Phi) is 3.37. The molecule has 4 aliphatic carbocycles. The molecule has 132 valence electrons. The fourth-order valence-electron chi connectivity index (χ4n) is 8.22. The molecule has 4 aliphatic rings. The molecule has 0 radical (unpaired) electrons. The first-order valence-electron chi connectivity index (χ1n) is 9.68. The molecule has 0 heterocycles. The maximum Gasteiger partial charge on any atom is 0.0654 e. The van der Waals surface area contributed by atoms with Crippen LogP contribution in [0.2, 0.25) is 0 Å². The second-order valence-electron chi connectivity index (χ2n) is 10.3. The van der Waals surface area contributed by atoms with Crippen LogP contribution in [0.15, 0.2) is 0 Å². The third-order valence-corrected chi connectivity index (χ3v) is 8.92. The van der Waals surface area contributed by atoms with Gasteiger partial charge in [-0.25, -0.2) is 0 Å². The molecule has 3 N–H and O–H groups in total. The van der Waals surface area contributed by atoms with Crippen LogP contribution in [0, 0.1) is 34.0 Å². The summed E-state index contributed by atoms with van der Waals surface area (Å²) in [6.45, 7) is 6.92. The SMILES string of the molecule is C[C@@]1(CO)CCC[C@]2(C)[C@@H]1CC[C@@]13C[C@@H](C[C@H](O)[C@H]12)[C@](C)(O)C3. The highest BCUT2D eigenvalue weighted by Crippen LogP contribution is 2.72.